The number of sulfonamides is 1. The quantitative estimate of drug-likeness (QED) is 0.426. The largest absolute Gasteiger partial charge is 0.494 e. The highest BCUT2D eigenvalue weighted by Gasteiger charge is 2.27. The fourth-order valence-corrected chi connectivity index (χ4v) is 4.92. The lowest BCUT2D eigenvalue weighted by atomic mass is 9.97. The number of ether oxygens (including phenoxy) is 1. The Balaban J connectivity index is 1.90. The molecule has 0 radical (unpaired) electrons. The van der Waals surface area contributed by atoms with Crippen LogP contribution in [0.15, 0.2) is 77.7 Å². The fraction of sp³-hybridized carbons (Fsp3) is 0.296. The van der Waals surface area contributed by atoms with Crippen molar-refractivity contribution in [1.29, 1.82) is 0 Å². The first-order valence-corrected chi connectivity index (χ1v) is 12.9. The number of anilines is 1. The number of para-hydroxylation sites is 1. The van der Waals surface area contributed by atoms with Crippen LogP contribution in [0.4, 0.5) is 5.69 Å². The summed E-state index contributed by atoms with van der Waals surface area (Å²) in [5.74, 6) is 0.374. The van der Waals surface area contributed by atoms with E-state index in [4.69, 9.17) is 4.74 Å². The molecule has 7 heteroatoms. The van der Waals surface area contributed by atoms with Gasteiger partial charge in [0, 0.05) is 5.69 Å². The summed E-state index contributed by atoms with van der Waals surface area (Å²) in [4.78, 5) is 13.5. The van der Waals surface area contributed by atoms with Crippen molar-refractivity contribution in [2.24, 2.45) is 0 Å². The van der Waals surface area contributed by atoms with Gasteiger partial charge in [-0.2, -0.15) is 4.72 Å². The van der Waals surface area contributed by atoms with Gasteiger partial charge in [0.25, 0.3) is 0 Å². The van der Waals surface area contributed by atoms with Gasteiger partial charge in [0.1, 0.15) is 11.8 Å². The Labute approximate surface area is 202 Å². The molecule has 180 valence electrons. The summed E-state index contributed by atoms with van der Waals surface area (Å²) < 4.78 is 34.4. The van der Waals surface area contributed by atoms with E-state index in [0.29, 0.717) is 12.4 Å². The number of carbonyl (C=O) groups is 1. The van der Waals surface area contributed by atoms with Gasteiger partial charge in [-0.3, -0.25) is 4.79 Å². The molecule has 0 heterocycles. The first kappa shape index (κ1) is 25.5. The average Bonchev–Trinajstić information content (AvgIpc) is 2.81. The van der Waals surface area contributed by atoms with E-state index in [1.807, 2.05) is 62.4 Å². The monoisotopic (exact) mass is 480 g/mol. The van der Waals surface area contributed by atoms with Crippen molar-refractivity contribution in [2.75, 3.05) is 11.9 Å². The van der Waals surface area contributed by atoms with Crippen LogP contribution in [0.25, 0.3) is 0 Å². The van der Waals surface area contributed by atoms with Crippen LogP contribution in [-0.2, 0) is 21.2 Å². The normalized spacial score (nSPS) is 12.4. The smallest absolute Gasteiger partial charge is 0.242 e. The summed E-state index contributed by atoms with van der Waals surface area (Å²) in [6, 6.07) is 20.4. The third kappa shape index (κ3) is 6.46. The molecule has 34 heavy (non-hydrogen) atoms. The number of nitrogens with one attached hydrogen (secondary N) is 2. The van der Waals surface area contributed by atoms with Crippen LogP contribution in [0, 0.1) is 6.92 Å². The van der Waals surface area contributed by atoms with Gasteiger partial charge in [-0.25, -0.2) is 8.42 Å². The van der Waals surface area contributed by atoms with Gasteiger partial charge in [0.2, 0.25) is 15.9 Å². The summed E-state index contributed by atoms with van der Waals surface area (Å²) in [6.07, 6.45) is 0.214. The van der Waals surface area contributed by atoms with Gasteiger partial charge in [-0.05, 0) is 67.1 Å². The standard InChI is InChI=1S/C27H32N2O4S/c1-5-33-22-14-16-23(17-15-22)34(31,32)29-25(18-21-11-7-6-8-12-21)27(30)28-26-20(4)10-9-13-24(26)19(2)3/h6-17,19,25,29H,5,18H2,1-4H3,(H,28,30)/t25-/m0/s1. The van der Waals surface area contributed by atoms with E-state index in [0.717, 1.165) is 22.4 Å². The van der Waals surface area contributed by atoms with Gasteiger partial charge in [-0.15, -0.1) is 0 Å². The van der Waals surface area contributed by atoms with Crippen LogP contribution in [0.2, 0.25) is 0 Å². The molecular formula is C27H32N2O4S. The fourth-order valence-electron chi connectivity index (χ4n) is 3.73. The van der Waals surface area contributed by atoms with Gasteiger partial charge in [-0.1, -0.05) is 62.4 Å². The van der Waals surface area contributed by atoms with Crippen LogP contribution >= 0.6 is 0 Å². The highest BCUT2D eigenvalue weighted by atomic mass is 32.2. The summed E-state index contributed by atoms with van der Waals surface area (Å²) in [5, 5.41) is 2.99. The Morgan fingerprint density at radius 3 is 2.24 bits per heavy atom. The van der Waals surface area contributed by atoms with Crippen molar-refractivity contribution in [3.63, 3.8) is 0 Å². The second kappa shape index (κ2) is 11.3. The molecular weight excluding hydrogens is 448 g/mol. The molecule has 0 saturated heterocycles. The maximum atomic E-state index is 13.4. The minimum Gasteiger partial charge on any atom is -0.494 e. The predicted molar refractivity (Wildman–Crippen MR) is 136 cm³/mol. The number of benzene rings is 3. The number of rotatable bonds is 10. The lowest BCUT2D eigenvalue weighted by Gasteiger charge is -2.22. The molecule has 0 aliphatic rings. The Morgan fingerprint density at radius 2 is 1.62 bits per heavy atom. The van der Waals surface area contributed by atoms with E-state index in [1.54, 1.807) is 12.1 Å². The molecule has 3 aromatic rings. The second-order valence-electron chi connectivity index (χ2n) is 8.45. The summed E-state index contributed by atoms with van der Waals surface area (Å²) in [6.45, 7) is 8.39. The summed E-state index contributed by atoms with van der Waals surface area (Å²) >= 11 is 0. The first-order valence-electron chi connectivity index (χ1n) is 11.4. The van der Waals surface area contributed by atoms with Crippen molar-refractivity contribution < 1.29 is 17.9 Å². The average molecular weight is 481 g/mol. The summed E-state index contributed by atoms with van der Waals surface area (Å²) in [5.41, 5.74) is 3.50. The van der Waals surface area contributed by atoms with Gasteiger partial charge in [0.05, 0.1) is 11.5 Å². The number of hydrogen-bond donors (Lipinski definition) is 2. The van der Waals surface area contributed by atoms with E-state index >= 15 is 0 Å². The maximum Gasteiger partial charge on any atom is 0.242 e. The highest BCUT2D eigenvalue weighted by Crippen LogP contribution is 2.28. The molecule has 2 N–H and O–H groups in total. The third-order valence-corrected chi connectivity index (χ3v) is 7.00. The molecule has 1 amide bonds. The van der Waals surface area contributed by atoms with Crippen LogP contribution < -0.4 is 14.8 Å². The zero-order chi connectivity index (χ0) is 24.7. The minimum absolute atomic E-state index is 0.0700. The van der Waals surface area contributed by atoms with Gasteiger partial charge in [0.15, 0.2) is 0 Å². The Bertz CT molecular complexity index is 1210. The number of hydrogen-bond acceptors (Lipinski definition) is 4. The van der Waals surface area contributed by atoms with Crippen molar-refractivity contribution in [3.05, 3.63) is 89.5 Å². The molecule has 0 aromatic heterocycles. The number of amides is 1. The minimum atomic E-state index is -3.95. The zero-order valence-electron chi connectivity index (χ0n) is 20.0. The molecule has 0 bridgehead atoms. The molecule has 0 aliphatic heterocycles. The highest BCUT2D eigenvalue weighted by molar-refractivity contribution is 7.89. The SMILES string of the molecule is CCOc1ccc(S(=O)(=O)N[C@@H](Cc2ccccc2)C(=O)Nc2c(C)cccc2C(C)C)cc1. The van der Waals surface area contributed by atoms with Crippen LogP contribution in [0.5, 0.6) is 5.75 Å². The molecule has 0 unspecified atom stereocenters. The molecule has 1 atom stereocenters. The Morgan fingerprint density at radius 1 is 0.941 bits per heavy atom. The topological polar surface area (TPSA) is 84.5 Å². The van der Waals surface area contributed by atoms with E-state index in [2.05, 4.69) is 23.9 Å². The Hall–Kier alpha value is -3.16. The zero-order valence-corrected chi connectivity index (χ0v) is 20.9. The summed E-state index contributed by atoms with van der Waals surface area (Å²) in [7, 11) is -3.95. The van der Waals surface area contributed by atoms with Crippen LogP contribution in [0.3, 0.4) is 0 Å². The molecule has 0 saturated carbocycles. The van der Waals surface area contributed by atoms with Gasteiger partial charge >= 0.3 is 0 Å². The van der Waals surface area contributed by atoms with Crippen molar-refractivity contribution in [1.82, 2.24) is 4.72 Å². The number of aryl methyl sites for hydroxylation is 1. The number of carbonyl (C=O) groups excluding carboxylic acids is 1. The van der Waals surface area contributed by atoms with E-state index < -0.39 is 22.0 Å². The molecule has 0 spiro atoms. The molecule has 3 rings (SSSR count). The van der Waals surface area contributed by atoms with E-state index in [-0.39, 0.29) is 17.2 Å². The first-order chi connectivity index (χ1) is 16.2. The van der Waals surface area contributed by atoms with Crippen molar-refractivity contribution in [3.8, 4) is 5.75 Å². The van der Waals surface area contributed by atoms with Crippen LogP contribution in [0.1, 0.15) is 43.4 Å². The molecule has 6 nitrogen and oxygen atoms in total. The van der Waals surface area contributed by atoms with E-state index in [9.17, 15) is 13.2 Å². The molecule has 0 fully saturated rings. The lowest BCUT2D eigenvalue weighted by Crippen LogP contribution is -2.45. The van der Waals surface area contributed by atoms with Crippen molar-refractivity contribution in [2.45, 2.75) is 51.0 Å². The predicted octanol–water partition coefficient (Wildman–Crippen LogP) is 5.05. The van der Waals surface area contributed by atoms with Crippen LogP contribution in [-0.4, -0.2) is 27.0 Å². The maximum absolute atomic E-state index is 13.4. The van der Waals surface area contributed by atoms with Gasteiger partial charge < -0.3 is 10.1 Å². The Kier molecular flexibility index (Phi) is 8.47. The van der Waals surface area contributed by atoms with E-state index in [1.165, 1.54) is 12.1 Å². The molecule has 3 aromatic carbocycles. The second-order valence-corrected chi connectivity index (χ2v) is 10.2. The molecule has 0 aliphatic carbocycles. The van der Waals surface area contributed by atoms with Crippen molar-refractivity contribution >= 4 is 21.6 Å². The lowest BCUT2D eigenvalue weighted by molar-refractivity contribution is -0.117. The third-order valence-electron chi connectivity index (χ3n) is 5.52.